The van der Waals surface area contributed by atoms with Gasteiger partial charge in [0.1, 0.15) is 11.4 Å². The van der Waals surface area contributed by atoms with Crippen molar-refractivity contribution in [1.82, 2.24) is 4.98 Å². The second-order valence-electron chi connectivity index (χ2n) is 2.93. The van der Waals surface area contributed by atoms with Crippen LogP contribution in [0.25, 0.3) is 0 Å². The van der Waals surface area contributed by atoms with Crippen LogP contribution in [-0.4, -0.2) is 10.1 Å². The molecule has 0 unspecified atom stereocenters. The van der Waals surface area contributed by atoms with Crippen LogP contribution >= 0.6 is 0 Å². The molecule has 2 nitrogen and oxygen atoms in total. The summed E-state index contributed by atoms with van der Waals surface area (Å²) in [5.74, 6) is 2.86. The Hall–Kier alpha value is -1.49. The first kappa shape index (κ1) is 8.61. The molecule has 0 radical (unpaired) electrons. The molecule has 0 aromatic carbocycles. The summed E-state index contributed by atoms with van der Waals surface area (Å²) >= 11 is 0. The Balaban J connectivity index is 3.14. The zero-order chi connectivity index (χ0) is 9.14. The minimum atomic E-state index is 0.230. The van der Waals surface area contributed by atoms with Crippen molar-refractivity contribution in [2.75, 3.05) is 0 Å². The highest BCUT2D eigenvalue weighted by molar-refractivity contribution is 5.38. The Labute approximate surface area is 72.3 Å². The van der Waals surface area contributed by atoms with Crippen LogP contribution in [0.4, 0.5) is 0 Å². The summed E-state index contributed by atoms with van der Waals surface area (Å²) in [5.41, 5.74) is 1.30. The minimum absolute atomic E-state index is 0.230. The fourth-order valence-corrected chi connectivity index (χ4v) is 0.979. The standard InChI is InChI=1S/C10H11NO/c1-4-8-5-10(12)9(6-11-8)7(2)3/h1,5-7H,2-3H3,(H,11,12). The number of rotatable bonds is 1. The summed E-state index contributed by atoms with van der Waals surface area (Å²) in [4.78, 5) is 3.98. The summed E-state index contributed by atoms with van der Waals surface area (Å²) in [6.45, 7) is 3.98. The van der Waals surface area contributed by atoms with E-state index in [0.29, 0.717) is 5.69 Å². The molecule has 12 heavy (non-hydrogen) atoms. The van der Waals surface area contributed by atoms with Gasteiger partial charge in [-0.3, -0.25) is 0 Å². The second-order valence-corrected chi connectivity index (χ2v) is 2.93. The van der Waals surface area contributed by atoms with Gasteiger partial charge in [0.15, 0.2) is 0 Å². The molecule has 0 saturated carbocycles. The topological polar surface area (TPSA) is 33.1 Å². The summed E-state index contributed by atoms with van der Waals surface area (Å²) < 4.78 is 0. The van der Waals surface area contributed by atoms with Crippen molar-refractivity contribution in [3.63, 3.8) is 0 Å². The maximum Gasteiger partial charge on any atom is 0.123 e. The van der Waals surface area contributed by atoms with Crippen LogP contribution < -0.4 is 0 Å². The summed E-state index contributed by atoms with van der Waals surface area (Å²) in [6.07, 6.45) is 6.74. The van der Waals surface area contributed by atoms with Gasteiger partial charge in [-0.05, 0) is 5.92 Å². The zero-order valence-electron chi connectivity index (χ0n) is 7.20. The maximum atomic E-state index is 9.46. The SMILES string of the molecule is C#Cc1cc(O)c(C(C)C)cn1. The van der Waals surface area contributed by atoms with E-state index in [0.717, 1.165) is 5.56 Å². The largest absolute Gasteiger partial charge is 0.507 e. The molecule has 0 spiro atoms. The lowest BCUT2D eigenvalue weighted by atomic mass is 10.0. The highest BCUT2D eigenvalue weighted by Gasteiger charge is 2.05. The zero-order valence-corrected chi connectivity index (χ0v) is 7.20. The quantitative estimate of drug-likeness (QED) is 0.638. The van der Waals surface area contributed by atoms with Crippen LogP contribution in [0.3, 0.4) is 0 Å². The highest BCUT2D eigenvalue weighted by atomic mass is 16.3. The van der Waals surface area contributed by atoms with Crippen molar-refractivity contribution in [1.29, 1.82) is 0 Å². The van der Waals surface area contributed by atoms with E-state index >= 15 is 0 Å². The predicted octanol–water partition coefficient (Wildman–Crippen LogP) is 1.89. The number of pyridine rings is 1. The fraction of sp³-hybridized carbons (Fsp3) is 0.300. The molecule has 2 heteroatoms. The Kier molecular flexibility index (Phi) is 2.35. The molecule has 0 atom stereocenters. The van der Waals surface area contributed by atoms with Gasteiger partial charge in [-0.25, -0.2) is 4.98 Å². The summed E-state index contributed by atoms with van der Waals surface area (Å²) in [6, 6.07) is 1.51. The van der Waals surface area contributed by atoms with E-state index in [9.17, 15) is 5.11 Å². The van der Waals surface area contributed by atoms with Crippen molar-refractivity contribution < 1.29 is 5.11 Å². The lowest BCUT2D eigenvalue weighted by molar-refractivity contribution is 0.463. The summed E-state index contributed by atoms with van der Waals surface area (Å²) in [5, 5.41) is 9.46. The number of aromatic nitrogens is 1. The molecular formula is C10H11NO. The van der Waals surface area contributed by atoms with Crippen LogP contribution in [0.1, 0.15) is 31.0 Å². The lowest BCUT2D eigenvalue weighted by Crippen LogP contribution is -1.91. The van der Waals surface area contributed by atoms with Crippen molar-refractivity contribution in [2.45, 2.75) is 19.8 Å². The smallest absolute Gasteiger partial charge is 0.123 e. The molecule has 1 aromatic heterocycles. The van der Waals surface area contributed by atoms with E-state index in [4.69, 9.17) is 6.42 Å². The number of nitrogens with zero attached hydrogens (tertiary/aromatic N) is 1. The van der Waals surface area contributed by atoms with Gasteiger partial charge in [0.2, 0.25) is 0 Å². The molecule has 0 bridgehead atoms. The van der Waals surface area contributed by atoms with Gasteiger partial charge in [0.05, 0.1) is 0 Å². The van der Waals surface area contributed by atoms with Crippen molar-refractivity contribution >= 4 is 0 Å². The third kappa shape index (κ3) is 1.57. The molecular weight excluding hydrogens is 150 g/mol. The molecule has 62 valence electrons. The molecule has 1 aromatic rings. The molecule has 1 rings (SSSR count). The maximum absolute atomic E-state index is 9.46. The van der Waals surface area contributed by atoms with Crippen molar-refractivity contribution in [2.24, 2.45) is 0 Å². The van der Waals surface area contributed by atoms with Crippen molar-refractivity contribution in [3.8, 4) is 18.1 Å². The third-order valence-electron chi connectivity index (χ3n) is 1.68. The van der Waals surface area contributed by atoms with Gasteiger partial charge >= 0.3 is 0 Å². The van der Waals surface area contributed by atoms with E-state index in [1.54, 1.807) is 6.20 Å². The first-order chi connectivity index (χ1) is 5.65. The van der Waals surface area contributed by atoms with Gasteiger partial charge in [0.25, 0.3) is 0 Å². The van der Waals surface area contributed by atoms with Crippen LogP contribution in [0.15, 0.2) is 12.3 Å². The van der Waals surface area contributed by atoms with Gasteiger partial charge in [-0.15, -0.1) is 6.42 Å². The Morgan fingerprint density at radius 3 is 2.67 bits per heavy atom. The average Bonchev–Trinajstić information content (AvgIpc) is 2.03. The number of aromatic hydroxyl groups is 1. The molecule has 0 aliphatic carbocycles. The van der Waals surface area contributed by atoms with E-state index in [2.05, 4.69) is 10.9 Å². The van der Waals surface area contributed by atoms with Gasteiger partial charge in [0, 0.05) is 17.8 Å². The highest BCUT2D eigenvalue weighted by Crippen LogP contribution is 2.24. The van der Waals surface area contributed by atoms with Gasteiger partial charge in [-0.2, -0.15) is 0 Å². The van der Waals surface area contributed by atoms with Gasteiger partial charge in [-0.1, -0.05) is 19.8 Å². The van der Waals surface area contributed by atoms with Crippen LogP contribution in [0.2, 0.25) is 0 Å². The van der Waals surface area contributed by atoms with E-state index in [1.807, 2.05) is 13.8 Å². The third-order valence-corrected chi connectivity index (χ3v) is 1.68. The molecule has 0 amide bonds. The van der Waals surface area contributed by atoms with E-state index < -0.39 is 0 Å². The Bertz CT molecular complexity index is 323. The lowest BCUT2D eigenvalue weighted by Gasteiger charge is -2.06. The monoisotopic (exact) mass is 161 g/mol. The van der Waals surface area contributed by atoms with Crippen LogP contribution in [-0.2, 0) is 0 Å². The van der Waals surface area contributed by atoms with Gasteiger partial charge < -0.3 is 5.11 Å². The first-order valence-corrected chi connectivity index (χ1v) is 3.80. The predicted molar refractivity (Wildman–Crippen MR) is 47.9 cm³/mol. The molecule has 1 heterocycles. The second kappa shape index (κ2) is 3.27. The number of hydrogen-bond donors (Lipinski definition) is 1. The number of hydrogen-bond acceptors (Lipinski definition) is 2. The summed E-state index contributed by atoms with van der Waals surface area (Å²) in [7, 11) is 0. The van der Waals surface area contributed by atoms with E-state index in [1.165, 1.54) is 6.07 Å². The van der Waals surface area contributed by atoms with Crippen LogP contribution in [0, 0.1) is 12.3 Å². The first-order valence-electron chi connectivity index (χ1n) is 3.80. The minimum Gasteiger partial charge on any atom is -0.507 e. The van der Waals surface area contributed by atoms with Crippen LogP contribution in [0.5, 0.6) is 5.75 Å². The average molecular weight is 161 g/mol. The van der Waals surface area contributed by atoms with Crippen molar-refractivity contribution in [3.05, 3.63) is 23.5 Å². The fourth-order valence-electron chi connectivity index (χ4n) is 0.979. The normalized spacial score (nSPS) is 9.83. The Morgan fingerprint density at radius 1 is 1.58 bits per heavy atom. The number of terminal acetylenes is 1. The molecule has 0 aliphatic heterocycles. The molecule has 0 fully saturated rings. The molecule has 1 N–H and O–H groups in total. The molecule has 0 saturated heterocycles. The Morgan fingerprint density at radius 2 is 2.25 bits per heavy atom. The molecule has 0 aliphatic rings. The van der Waals surface area contributed by atoms with E-state index in [-0.39, 0.29) is 11.7 Å².